The fraction of sp³-hybridized carbons (Fsp3) is 0.632. The molecule has 2 fully saturated rings. The minimum atomic E-state index is 0. The van der Waals surface area contributed by atoms with Crippen molar-refractivity contribution in [1.82, 2.24) is 10.6 Å². The second-order valence-corrected chi connectivity index (χ2v) is 7.97. The van der Waals surface area contributed by atoms with Crippen LogP contribution < -0.4 is 10.6 Å². The number of guanidine groups is 1. The molecule has 2 N–H and O–H groups in total. The van der Waals surface area contributed by atoms with Gasteiger partial charge in [0.1, 0.15) is 0 Å². The number of hydrogen-bond acceptors (Lipinski definition) is 2. The van der Waals surface area contributed by atoms with Crippen molar-refractivity contribution in [3.05, 3.63) is 34.3 Å². The van der Waals surface area contributed by atoms with Crippen LogP contribution in [0.15, 0.2) is 33.7 Å². The summed E-state index contributed by atoms with van der Waals surface area (Å²) in [5.41, 5.74) is 1.45. The first-order valence-electron chi connectivity index (χ1n) is 9.01. The average molecular weight is 522 g/mol. The zero-order valence-electron chi connectivity index (χ0n) is 15.1. The molecule has 0 aromatic heterocycles. The molecule has 1 aliphatic carbocycles. The van der Waals surface area contributed by atoms with Crippen molar-refractivity contribution in [3.63, 3.8) is 0 Å². The average Bonchev–Trinajstić information content (AvgIpc) is 3.29. The highest BCUT2D eigenvalue weighted by Crippen LogP contribution is 2.36. The van der Waals surface area contributed by atoms with Crippen molar-refractivity contribution in [1.29, 1.82) is 0 Å². The number of nitrogens with one attached hydrogen (secondary N) is 2. The molecule has 0 bridgehead atoms. The summed E-state index contributed by atoms with van der Waals surface area (Å²) in [7, 11) is 0. The molecule has 2 unspecified atom stereocenters. The van der Waals surface area contributed by atoms with E-state index < -0.39 is 0 Å². The van der Waals surface area contributed by atoms with Gasteiger partial charge in [0.05, 0.1) is 6.54 Å². The van der Waals surface area contributed by atoms with Gasteiger partial charge in [0.25, 0.3) is 0 Å². The van der Waals surface area contributed by atoms with Crippen LogP contribution in [0.3, 0.4) is 0 Å². The topological polar surface area (TPSA) is 45.7 Å². The van der Waals surface area contributed by atoms with E-state index in [1.807, 2.05) is 0 Å². The Morgan fingerprint density at radius 1 is 1.28 bits per heavy atom. The Morgan fingerprint density at radius 3 is 2.48 bits per heavy atom. The van der Waals surface area contributed by atoms with Crippen molar-refractivity contribution in [2.75, 3.05) is 26.3 Å². The van der Waals surface area contributed by atoms with E-state index in [9.17, 15) is 0 Å². The summed E-state index contributed by atoms with van der Waals surface area (Å²) in [6, 6.07) is 9.31. The van der Waals surface area contributed by atoms with Crippen molar-refractivity contribution in [2.24, 2.45) is 10.9 Å². The zero-order chi connectivity index (χ0) is 17.0. The molecular formula is C19H29BrIN3O. The monoisotopic (exact) mass is 521 g/mol. The lowest BCUT2D eigenvalue weighted by atomic mass is 9.74. The van der Waals surface area contributed by atoms with Crippen LogP contribution in [0.4, 0.5) is 0 Å². The van der Waals surface area contributed by atoms with Crippen molar-refractivity contribution in [2.45, 2.75) is 44.6 Å². The first kappa shape index (κ1) is 21.0. The first-order chi connectivity index (χ1) is 11.6. The number of hydrogen-bond donors (Lipinski definition) is 2. The van der Waals surface area contributed by atoms with E-state index in [0.29, 0.717) is 6.04 Å². The van der Waals surface area contributed by atoms with Gasteiger partial charge in [-0.1, -0.05) is 35.0 Å². The quantitative estimate of drug-likeness (QED) is 0.348. The van der Waals surface area contributed by atoms with Gasteiger partial charge in [-0.2, -0.15) is 0 Å². The van der Waals surface area contributed by atoms with Crippen molar-refractivity contribution >= 4 is 45.9 Å². The number of nitrogens with zero attached hydrogens (tertiary/aromatic N) is 1. The van der Waals surface area contributed by atoms with E-state index in [0.717, 1.165) is 55.5 Å². The van der Waals surface area contributed by atoms with E-state index in [-0.39, 0.29) is 29.4 Å². The van der Waals surface area contributed by atoms with Gasteiger partial charge < -0.3 is 15.4 Å². The highest BCUT2D eigenvalue weighted by atomic mass is 127. The van der Waals surface area contributed by atoms with Gasteiger partial charge in [-0.15, -0.1) is 24.0 Å². The van der Waals surface area contributed by atoms with Crippen LogP contribution in [-0.2, 0) is 10.2 Å². The largest absolute Gasteiger partial charge is 0.381 e. The van der Waals surface area contributed by atoms with Gasteiger partial charge in [0, 0.05) is 35.7 Å². The fourth-order valence-electron chi connectivity index (χ4n) is 3.35. The minimum Gasteiger partial charge on any atom is -0.381 e. The molecule has 4 nitrogen and oxygen atoms in total. The molecule has 3 rings (SSSR count). The van der Waals surface area contributed by atoms with Gasteiger partial charge in [-0.3, -0.25) is 4.99 Å². The van der Waals surface area contributed by atoms with E-state index >= 15 is 0 Å². The Kier molecular flexibility index (Phi) is 8.01. The number of rotatable bonds is 5. The maximum atomic E-state index is 5.62. The molecule has 6 heteroatoms. The smallest absolute Gasteiger partial charge is 0.191 e. The molecule has 140 valence electrons. The fourth-order valence-corrected chi connectivity index (χ4v) is 3.62. The predicted octanol–water partition coefficient (Wildman–Crippen LogP) is 4.08. The summed E-state index contributed by atoms with van der Waals surface area (Å²) in [6.45, 7) is 7.72. The lowest BCUT2D eigenvalue weighted by molar-refractivity contribution is 0.0531. The van der Waals surface area contributed by atoms with E-state index in [1.165, 1.54) is 12.0 Å². The third kappa shape index (κ3) is 5.57. The summed E-state index contributed by atoms with van der Waals surface area (Å²) in [6.07, 6.45) is 3.30. The summed E-state index contributed by atoms with van der Waals surface area (Å²) >= 11 is 3.54. The SMILES string of the molecule is CCNC(=NCC1(c2ccc(Br)cc2)CCOCC1)NC1CC1C.I. The molecule has 1 aliphatic heterocycles. The van der Waals surface area contributed by atoms with E-state index in [4.69, 9.17) is 9.73 Å². The standard InChI is InChI=1S/C19H28BrN3O.HI/c1-3-21-18(23-17-12-14(17)2)22-13-19(8-10-24-11-9-19)15-4-6-16(20)7-5-15;/h4-7,14,17H,3,8-13H2,1-2H3,(H2,21,22,23);1H. The van der Waals surface area contributed by atoms with E-state index in [2.05, 4.69) is 64.7 Å². The van der Waals surface area contributed by atoms with Crippen molar-refractivity contribution in [3.8, 4) is 0 Å². The maximum absolute atomic E-state index is 5.62. The molecule has 1 heterocycles. The zero-order valence-corrected chi connectivity index (χ0v) is 19.0. The molecule has 0 amide bonds. The third-order valence-corrected chi connectivity index (χ3v) is 5.75. The highest BCUT2D eigenvalue weighted by molar-refractivity contribution is 14.0. The lowest BCUT2D eigenvalue weighted by Gasteiger charge is -2.36. The molecule has 1 aromatic rings. The second-order valence-electron chi connectivity index (χ2n) is 7.06. The van der Waals surface area contributed by atoms with Gasteiger partial charge >= 0.3 is 0 Å². The highest BCUT2D eigenvalue weighted by Gasteiger charge is 2.36. The third-order valence-electron chi connectivity index (χ3n) is 5.22. The maximum Gasteiger partial charge on any atom is 0.191 e. The lowest BCUT2D eigenvalue weighted by Crippen LogP contribution is -2.42. The summed E-state index contributed by atoms with van der Waals surface area (Å²) in [5, 5.41) is 6.95. The molecule has 2 aliphatic rings. The van der Waals surface area contributed by atoms with Crippen LogP contribution in [0.5, 0.6) is 0 Å². The summed E-state index contributed by atoms with van der Waals surface area (Å²) in [5.74, 6) is 1.71. The molecular weight excluding hydrogens is 493 g/mol. The second kappa shape index (κ2) is 9.55. The minimum absolute atomic E-state index is 0. The number of ether oxygens (including phenoxy) is 1. The molecule has 1 saturated carbocycles. The number of halogens is 2. The Morgan fingerprint density at radius 2 is 1.92 bits per heavy atom. The summed E-state index contributed by atoms with van der Waals surface area (Å²) in [4.78, 5) is 4.95. The molecule has 1 saturated heterocycles. The molecule has 25 heavy (non-hydrogen) atoms. The number of aliphatic imine (C=N–C) groups is 1. The van der Waals surface area contributed by atoms with Crippen LogP contribution in [0.25, 0.3) is 0 Å². The summed E-state index contributed by atoms with van der Waals surface area (Å²) < 4.78 is 6.74. The van der Waals surface area contributed by atoms with Crippen LogP contribution in [0.2, 0.25) is 0 Å². The normalized spacial score (nSPS) is 25.0. The number of benzene rings is 1. The molecule has 2 atom stereocenters. The first-order valence-corrected chi connectivity index (χ1v) is 9.81. The van der Waals surface area contributed by atoms with Gasteiger partial charge in [-0.05, 0) is 49.8 Å². The Labute approximate surface area is 176 Å². The van der Waals surface area contributed by atoms with Gasteiger partial charge in [0.2, 0.25) is 0 Å². The molecule has 0 radical (unpaired) electrons. The molecule has 0 spiro atoms. The Balaban J connectivity index is 0.00000225. The van der Waals surface area contributed by atoms with Crippen LogP contribution in [0.1, 0.15) is 38.7 Å². The van der Waals surface area contributed by atoms with Gasteiger partial charge in [0.15, 0.2) is 5.96 Å². The van der Waals surface area contributed by atoms with E-state index in [1.54, 1.807) is 0 Å². The van der Waals surface area contributed by atoms with Gasteiger partial charge in [-0.25, -0.2) is 0 Å². The van der Waals surface area contributed by atoms with Crippen molar-refractivity contribution < 1.29 is 4.74 Å². The predicted molar refractivity (Wildman–Crippen MR) is 118 cm³/mol. The Hall–Kier alpha value is -0.340. The molecule has 1 aromatic carbocycles. The van der Waals surface area contributed by atoms with Crippen LogP contribution in [0, 0.1) is 5.92 Å². The van der Waals surface area contributed by atoms with Crippen LogP contribution >= 0.6 is 39.9 Å². The Bertz CT molecular complexity index is 573. The van der Waals surface area contributed by atoms with Crippen LogP contribution in [-0.4, -0.2) is 38.3 Å².